The molecule has 1 N–H and O–H groups in total. The topological polar surface area (TPSA) is 134 Å². The van der Waals surface area contributed by atoms with Crippen molar-refractivity contribution in [3.05, 3.63) is 10.4 Å². The summed E-state index contributed by atoms with van der Waals surface area (Å²) in [5, 5.41) is 6.08. The molecular formula is C19H33N5O5. The normalized spacial score (nSPS) is 16.4. The van der Waals surface area contributed by atoms with Crippen LogP contribution in [0.3, 0.4) is 0 Å². The summed E-state index contributed by atoms with van der Waals surface area (Å²) in [6.07, 6.45) is 2.11. The first-order valence-corrected chi connectivity index (χ1v) is 10.1. The largest absolute Gasteiger partial charge is 0.444 e. The third-order valence-electron chi connectivity index (χ3n) is 4.60. The Morgan fingerprint density at radius 2 is 1.90 bits per heavy atom. The van der Waals surface area contributed by atoms with Crippen molar-refractivity contribution in [1.29, 1.82) is 0 Å². The number of carbonyl (C=O) groups excluding carboxylic acids is 3. The Labute approximate surface area is 171 Å². The van der Waals surface area contributed by atoms with Crippen LogP contribution in [0.25, 0.3) is 10.4 Å². The standard InChI is InChI=1S/C19H33N5O5/c1-5-24-12-9-14(10-13-24)16(25)28-17(26)15(22-23-20)8-6-7-11-21-18(27)29-19(2,3)4/h14-15H,5-13H2,1-4H3,(H,21,27)/t15-/m0/s1. The summed E-state index contributed by atoms with van der Waals surface area (Å²) in [5.74, 6) is -1.66. The summed E-state index contributed by atoms with van der Waals surface area (Å²) < 4.78 is 10.1. The van der Waals surface area contributed by atoms with E-state index >= 15 is 0 Å². The maximum Gasteiger partial charge on any atom is 0.407 e. The average molecular weight is 412 g/mol. The summed E-state index contributed by atoms with van der Waals surface area (Å²) in [6.45, 7) is 10.3. The molecule has 164 valence electrons. The Balaban J connectivity index is 2.36. The van der Waals surface area contributed by atoms with E-state index in [1.54, 1.807) is 20.8 Å². The van der Waals surface area contributed by atoms with Crippen molar-refractivity contribution in [3.63, 3.8) is 0 Å². The number of carbonyl (C=O) groups is 3. The zero-order chi connectivity index (χ0) is 21.9. The fraction of sp³-hybridized carbons (Fsp3) is 0.842. The molecule has 10 heteroatoms. The molecule has 1 atom stereocenters. The van der Waals surface area contributed by atoms with Gasteiger partial charge in [0.25, 0.3) is 0 Å². The van der Waals surface area contributed by atoms with Gasteiger partial charge < -0.3 is 19.7 Å². The number of esters is 2. The Morgan fingerprint density at radius 3 is 2.45 bits per heavy atom. The third-order valence-corrected chi connectivity index (χ3v) is 4.60. The number of hydrogen-bond acceptors (Lipinski definition) is 7. The van der Waals surface area contributed by atoms with Gasteiger partial charge in [0.15, 0.2) is 0 Å². The van der Waals surface area contributed by atoms with Gasteiger partial charge in [0.05, 0.1) is 5.92 Å². The highest BCUT2D eigenvalue weighted by atomic mass is 16.6. The molecule has 0 radical (unpaired) electrons. The Bertz CT molecular complexity index is 605. The molecular weight excluding hydrogens is 378 g/mol. The number of alkyl carbamates (subject to hydrolysis) is 1. The Morgan fingerprint density at radius 1 is 1.24 bits per heavy atom. The van der Waals surface area contributed by atoms with Crippen LogP contribution in [-0.4, -0.2) is 60.8 Å². The number of piperidine rings is 1. The lowest BCUT2D eigenvalue weighted by Gasteiger charge is -2.29. The van der Waals surface area contributed by atoms with Gasteiger partial charge in [0, 0.05) is 11.5 Å². The third kappa shape index (κ3) is 10.1. The molecule has 1 heterocycles. The number of nitrogens with zero attached hydrogens (tertiary/aromatic N) is 4. The van der Waals surface area contributed by atoms with E-state index in [1.165, 1.54) is 0 Å². The van der Waals surface area contributed by atoms with Crippen molar-refractivity contribution >= 4 is 18.0 Å². The van der Waals surface area contributed by atoms with Gasteiger partial charge in [-0.05, 0) is 71.6 Å². The van der Waals surface area contributed by atoms with Gasteiger partial charge in [0.2, 0.25) is 0 Å². The second kappa shape index (κ2) is 12.3. The van der Waals surface area contributed by atoms with Crippen LogP contribution in [0.2, 0.25) is 0 Å². The first-order chi connectivity index (χ1) is 13.7. The highest BCUT2D eigenvalue weighted by Gasteiger charge is 2.29. The molecule has 0 aromatic heterocycles. The molecule has 1 rings (SSSR count). The van der Waals surface area contributed by atoms with E-state index in [4.69, 9.17) is 15.0 Å². The van der Waals surface area contributed by atoms with Crippen LogP contribution < -0.4 is 5.32 Å². The lowest BCUT2D eigenvalue weighted by molar-refractivity contribution is -0.164. The minimum absolute atomic E-state index is 0.237. The van der Waals surface area contributed by atoms with Crippen molar-refractivity contribution in [2.24, 2.45) is 11.0 Å². The van der Waals surface area contributed by atoms with E-state index < -0.39 is 29.7 Å². The van der Waals surface area contributed by atoms with Gasteiger partial charge in [-0.3, -0.25) is 9.59 Å². The molecule has 0 aromatic carbocycles. The molecule has 1 aliphatic rings. The summed E-state index contributed by atoms with van der Waals surface area (Å²) in [6, 6.07) is -1.05. The van der Waals surface area contributed by atoms with E-state index in [1.807, 2.05) is 0 Å². The number of likely N-dealkylation sites (tertiary alicyclic amines) is 1. The maximum atomic E-state index is 12.2. The second-order valence-corrected chi connectivity index (χ2v) is 8.09. The number of unbranched alkanes of at least 4 members (excludes halogenated alkanes) is 1. The van der Waals surface area contributed by atoms with Crippen LogP contribution in [0.5, 0.6) is 0 Å². The second-order valence-electron chi connectivity index (χ2n) is 8.09. The molecule has 1 saturated heterocycles. The minimum Gasteiger partial charge on any atom is -0.444 e. The predicted molar refractivity (Wildman–Crippen MR) is 107 cm³/mol. The molecule has 1 aliphatic heterocycles. The summed E-state index contributed by atoms with van der Waals surface area (Å²) in [5.41, 5.74) is 8.13. The Kier molecular flexibility index (Phi) is 10.5. The van der Waals surface area contributed by atoms with E-state index in [0.717, 1.165) is 19.6 Å². The first-order valence-electron chi connectivity index (χ1n) is 10.1. The number of ether oxygens (including phenoxy) is 2. The van der Waals surface area contributed by atoms with Crippen molar-refractivity contribution in [3.8, 4) is 0 Å². The Hall–Kier alpha value is -2.32. The zero-order valence-corrected chi connectivity index (χ0v) is 17.8. The highest BCUT2D eigenvalue weighted by molar-refractivity contribution is 5.89. The SMILES string of the molecule is CCN1CCC(C(=O)OC(=O)[C@H](CCCCNC(=O)OC(C)(C)C)N=[N+]=[N-])CC1. The fourth-order valence-electron chi connectivity index (χ4n) is 2.99. The molecule has 0 bridgehead atoms. The summed E-state index contributed by atoms with van der Waals surface area (Å²) in [4.78, 5) is 40.9. The van der Waals surface area contributed by atoms with Crippen LogP contribution in [0.1, 0.15) is 59.8 Å². The molecule has 0 saturated carbocycles. The van der Waals surface area contributed by atoms with Crippen molar-refractivity contribution in [2.45, 2.75) is 71.4 Å². The fourth-order valence-corrected chi connectivity index (χ4v) is 2.99. The molecule has 1 amide bonds. The predicted octanol–water partition coefficient (Wildman–Crippen LogP) is 3.16. The van der Waals surface area contributed by atoms with Crippen LogP contribution >= 0.6 is 0 Å². The number of hydrogen-bond donors (Lipinski definition) is 1. The molecule has 10 nitrogen and oxygen atoms in total. The van der Waals surface area contributed by atoms with Gasteiger partial charge in [-0.25, -0.2) is 4.79 Å². The van der Waals surface area contributed by atoms with Gasteiger partial charge in [-0.2, -0.15) is 0 Å². The van der Waals surface area contributed by atoms with Crippen LogP contribution in [0.15, 0.2) is 5.11 Å². The summed E-state index contributed by atoms with van der Waals surface area (Å²) >= 11 is 0. The lowest BCUT2D eigenvalue weighted by Crippen LogP contribution is -2.38. The number of nitrogens with one attached hydrogen (secondary N) is 1. The minimum atomic E-state index is -1.05. The molecule has 0 spiro atoms. The van der Waals surface area contributed by atoms with E-state index in [2.05, 4.69) is 27.2 Å². The van der Waals surface area contributed by atoms with Gasteiger partial charge >= 0.3 is 18.0 Å². The molecule has 0 aliphatic carbocycles. The van der Waals surface area contributed by atoms with E-state index in [9.17, 15) is 14.4 Å². The van der Waals surface area contributed by atoms with Gasteiger partial charge in [0.1, 0.15) is 11.6 Å². The van der Waals surface area contributed by atoms with Crippen LogP contribution in [-0.2, 0) is 19.1 Å². The van der Waals surface area contributed by atoms with Crippen molar-refractivity contribution in [2.75, 3.05) is 26.2 Å². The number of azide groups is 1. The van der Waals surface area contributed by atoms with Gasteiger partial charge in [-0.15, -0.1) is 0 Å². The molecule has 0 unspecified atom stereocenters. The molecule has 1 fully saturated rings. The smallest absolute Gasteiger partial charge is 0.407 e. The monoisotopic (exact) mass is 411 g/mol. The quantitative estimate of drug-likeness (QED) is 0.155. The van der Waals surface area contributed by atoms with E-state index in [-0.39, 0.29) is 12.3 Å². The van der Waals surface area contributed by atoms with Crippen LogP contribution in [0, 0.1) is 5.92 Å². The average Bonchev–Trinajstić information content (AvgIpc) is 2.65. The van der Waals surface area contributed by atoms with Crippen LogP contribution in [0.4, 0.5) is 4.79 Å². The summed E-state index contributed by atoms with van der Waals surface area (Å²) in [7, 11) is 0. The van der Waals surface area contributed by atoms with Crippen molar-refractivity contribution < 1.29 is 23.9 Å². The lowest BCUT2D eigenvalue weighted by atomic mass is 9.97. The first kappa shape index (κ1) is 24.7. The molecule has 0 aromatic rings. The molecule has 29 heavy (non-hydrogen) atoms. The number of rotatable bonds is 9. The highest BCUT2D eigenvalue weighted by Crippen LogP contribution is 2.19. The maximum absolute atomic E-state index is 12.2. The van der Waals surface area contributed by atoms with Gasteiger partial charge in [-0.1, -0.05) is 18.5 Å². The van der Waals surface area contributed by atoms with E-state index in [0.29, 0.717) is 32.2 Å². The van der Waals surface area contributed by atoms with Crippen molar-refractivity contribution in [1.82, 2.24) is 10.2 Å². The zero-order valence-electron chi connectivity index (χ0n) is 17.8. The number of amides is 1.